The molecule has 0 saturated carbocycles. The number of carbonyl (C=O) groups is 1. The quantitative estimate of drug-likeness (QED) is 0.624. The number of hydrogen-bond donors (Lipinski definition) is 2. The van der Waals surface area contributed by atoms with E-state index < -0.39 is 0 Å². The number of carbonyl (C=O) groups excluding carboxylic acids is 1. The fourth-order valence-corrected chi connectivity index (χ4v) is 2.61. The summed E-state index contributed by atoms with van der Waals surface area (Å²) >= 11 is 0. The van der Waals surface area contributed by atoms with Gasteiger partial charge in [0.1, 0.15) is 5.82 Å². The van der Waals surface area contributed by atoms with Crippen LogP contribution in [0.1, 0.15) is 22.3 Å². The Labute approximate surface area is 152 Å². The Bertz CT molecular complexity index is 868. The fourth-order valence-electron chi connectivity index (χ4n) is 2.61. The van der Waals surface area contributed by atoms with Crippen LogP contribution in [-0.4, -0.2) is 17.4 Å². The summed E-state index contributed by atoms with van der Waals surface area (Å²) in [5, 5.41) is 5.95. The first-order valence-corrected chi connectivity index (χ1v) is 8.50. The fraction of sp³-hybridized carbons (Fsp3) is 0.143. The number of pyridine rings is 1. The van der Waals surface area contributed by atoms with Gasteiger partial charge in [-0.1, -0.05) is 36.4 Å². The van der Waals surface area contributed by atoms with Crippen molar-refractivity contribution in [3.8, 4) is 0 Å². The third-order valence-corrected chi connectivity index (χ3v) is 3.88. The third kappa shape index (κ3) is 5.14. The molecule has 1 aromatic heterocycles. The molecule has 0 radical (unpaired) electrons. The van der Waals surface area contributed by atoms with Crippen LogP contribution >= 0.6 is 0 Å². The number of anilines is 2. The van der Waals surface area contributed by atoms with Crippen molar-refractivity contribution in [3.05, 3.63) is 90.0 Å². The van der Waals surface area contributed by atoms with Crippen LogP contribution in [0.25, 0.3) is 0 Å². The summed E-state index contributed by atoms with van der Waals surface area (Å²) in [6.45, 7) is 0.593. The predicted molar refractivity (Wildman–Crippen MR) is 101 cm³/mol. The SMILES string of the molecule is O=C(NCCCc1ccccc1)c1cncc(Nc2cccc(F)c2)c1. The molecule has 0 aliphatic rings. The molecule has 4 nitrogen and oxygen atoms in total. The molecule has 0 saturated heterocycles. The van der Waals surface area contributed by atoms with Crippen molar-refractivity contribution >= 4 is 17.3 Å². The van der Waals surface area contributed by atoms with Crippen LogP contribution in [0.4, 0.5) is 15.8 Å². The van der Waals surface area contributed by atoms with Crippen molar-refractivity contribution in [3.63, 3.8) is 0 Å². The van der Waals surface area contributed by atoms with E-state index in [1.54, 1.807) is 24.4 Å². The first-order chi connectivity index (χ1) is 12.7. The summed E-state index contributed by atoms with van der Waals surface area (Å²) in [7, 11) is 0. The van der Waals surface area contributed by atoms with Gasteiger partial charge < -0.3 is 10.6 Å². The molecule has 0 atom stereocenters. The number of aryl methyl sites for hydroxylation is 1. The maximum absolute atomic E-state index is 13.3. The highest BCUT2D eigenvalue weighted by Gasteiger charge is 2.07. The van der Waals surface area contributed by atoms with E-state index in [1.807, 2.05) is 18.2 Å². The van der Waals surface area contributed by atoms with Gasteiger partial charge in [-0.05, 0) is 42.7 Å². The van der Waals surface area contributed by atoms with E-state index >= 15 is 0 Å². The molecule has 0 bridgehead atoms. The highest BCUT2D eigenvalue weighted by molar-refractivity contribution is 5.94. The van der Waals surface area contributed by atoms with Crippen LogP contribution in [0.5, 0.6) is 0 Å². The van der Waals surface area contributed by atoms with Gasteiger partial charge in [0.25, 0.3) is 5.91 Å². The number of halogens is 1. The van der Waals surface area contributed by atoms with Crippen LogP contribution in [0.15, 0.2) is 73.1 Å². The van der Waals surface area contributed by atoms with Crippen LogP contribution in [0, 0.1) is 5.82 Å². The molecular weight excluding hydrogens is 329 g/mol. The largest absolute Gasteiger partial charge is 0.354 e. The van der Waals surface area contributed by atoms with Crippen molar-refractivity contribution in [2.45, 2.75) is 12.8 Å². The molecule has 132 valence electrons. The van der Waals surface area contributed by atoms with E-state index in [2.05, 4.69) is 27.8 Å². The molecule has 0 unspecified atom stereocenters. The van der Waals surface area contributed by atoms with E-state index in [-0.39, 0.29) is 11.7 Å². The topological polar surface area (TPSA) is 54.0 Å². The number of nitrogens with one attached hydrogen (secondary N) is 2. The minimum absolute atomic E-state index is 0.173. The Morgan fingerprint density at radius 1 is 0.962 bits per heavy atom. The number of aromatic nitrogens is 1. The second-order valence-electron chi connectivity index (χ2n) is 5.94. The van der Waals surface area contributed by atoms with Crippen LogP contribution < -0.4 is 10.6 Å². The lowest BCUT2D eigenvalue weighted by molar-refractivity contribution is 0.0953. The average molecular weight is 349 g/mol. The summed E-state index contributed by atoms with van der Waals surface area (Å²) in [4.78, 5) is 16.4. The lowest BCUT2D eigenvalue weighted by Crippen LogP contribution is -2.25. The van der Waals surface area contributed by atoms with Crippen LogP contribution in [0.2, 0.25) is 0 Å². The van der Waals surface area contributed by atoms with Gasteiger partial charge in [-0.15, -0.1) is 0 Å². The van der Waals surface area contributed by atoms with Crippen molar-refractivity contribution < 1.29 is 9.18 Å². The molecule has 0 aliphatic heterocycles. The van der Waals surface area contributed by atoms with Crippen LogP contribution in [-0.2, 0) is 6.42 Å². The zero-order valence-electron chi connectivity index (χ0n) is 14.3. The number of rotatable bonds is 7. The van der Waals surface area contributed by atoms with E-state index in [9.17, 15) is 9.18 Å². The van der Waals surface area contributed by atoms with Gasteiger partial charge in [0.05, 0.1) is 17.4 Å². The van der Waals surface area contributed by atoms with Gasteiger partial charge in [-0.25, -0.2) is 4.39 Å². The van der Waals surface area contributed by atoms with Crippen molar-refractivity contribution in [2.75, 3.05) is 11.9 Å². The Morgan fingerprint density at radius 2 is 1.81 bits per heavy atom. The molecule has 2 N–H and O–H groups in total. The molecule has 3 aromatic rings. The van der Waals surface area contributed by atoms with Gasteiger partial charge in [-0.2, -0.15) is 0 Å². The Kier molecular flexibility index (Phi) is 5.93. The highest BCUT2D eigenvalue weighted by Crippen LogP contribution is 2.17. The third-order valence-electron chi connectivity index (χ3n) is 3.88. The van der Waals surface area contributed by atoms with Gasteiger partial charge in [0.15, 0.2) is 0 Å². The maximum Gasteiger partial charge on any atom is 0.252 e. The smallest absolute Gasteiger partial charge is 0.252 e. The molecule has 0 spiro atoms. The molecule has 26 heavy (non-hydrogen) atoms. The second kappa shape index (κ2) is 8.76. The normalized spacial score (nSPS) is 10.3. The van der Waals surface area contributed by atoms with Crippen molar-refractivity contribution in [1.29, 1.82) is 0 Å². The van der Waals surface area contributed by atoms with Crippen LogP contribution in [0.3, 0.4) is 0 Å². The summed E-state index contributed by atoms with van der Waals surface area (Å²) < 4.78 is 13.3. The predicted octanol–water partition coefficient (Wildman–Crippen LogP) is 4.33. The number of nitrogens with zero attached hydrogens (tertiary/aromatic N) is 1. The Morgan fingerprint density at radius 3 is 2.62 bits per heavy atom. The first-order valence-electron chi connectivity index (χ1n) is 8.50. The lowest BCUT2D eigenvalue weighted by Gasteiger charge is -2.09. The average Bonchev–Trinajstić information content (AvgIpc) is 2.66. The molecule has 5 heteroatoms. The Balaban J connectivity index is 1.53. The number of benzene rings is 2. The van der Waals surface area contributed by atoms with E-state index in [1.165, 1.54) is 23.9 Å². The molecule has 2 aromatic carbocycles. The van der Waals surface area contributed by atoms with Gasteiger partial charge >= 0.3 is 0 Å². The Hall–Kier alpha value is -3.21. The standard InChI is InChI=1S/C21H20FN3O/c22-18-9-4-10-19(13-18)25-20-12-17(14-23-15-20)21(26)24-11-5-8-16-6-2-1-3-7-16/h1-4,6-7,9-10,12-15,25H,5,8,11H2,(H,24,26). The molecular formula is C21H20FN3O. The van der Waals surface area contributed by atoms with Crippen molar-refractivity contribution in [2.24, 2.45) is 0 Å². The first kappa shape index (κ1) is 17.6. The maximum atomic E-state index is 13.3. The molecule has 1 amide bonds. The zero-order chi connectivity index (χ0) is 18.2. The molecule has 0 aliphatic carbocycles. The van der Waals surface area contributed by atoms with E-state index in [0.717, 1.165) is 12.8 Å². The second-order valence-corrected chi connectivity index (χ2v) is 5.94. The lowest BCUT2D eigenvalue weighted by atomic mass is 10.1. The van der Waals surface area contributed by atoms with Gasteiger partial charge in [0.2, 0.25) is 0 Å². The van der Waals surface area contributed by atoms with E-state index in [0.29, 0.717) is 23.5 Å². The number of hydrogen-bond acceptors (Lipinski definition) is 3. The monoisotopic (exact) mass is 349 g/mol. The summed E-state index contributed by atoms with van der Waals surface area (Å²) in [6.07, 6.45) is 4.89. The molecule has 1 heterocycles. The zero-order valence-corrected chi connectivity index (χ0v) is 14.3. The summed E-state index contributed by atoms with van der Waals surface area (Å²) in [6, 6.07) is 18.0. The minimum Gasteiger partial charge on any atom is -0.354 e. The van der Waals surface area contributed by atoms with Gasteiger partial charge in [0, 0.05) is 18.4 Å². The van der Waals surface area contributed by atoms with Gasteiger partial charge in [-0.3, -0.25) is 9.78 Å². The highest BCUT2D eigenvalue weighted by atomic mass is 19.1. The molecule has 3 rings (SSSR count). The summed E-state index contributed by atoms with van der Waals surface area (Å²) in [5.41, 5.74) is 2.95. The number of amides is 1. The minimum atomic E-state index is -0.324. The van der Waals surface area contributed by atoms with E-state index in [4.69, 9.17) is 0 Å². The summed E-state index contributed by atoms with van der Waals surface area (Å²) in [5.74, 6) is -0.497. The van der Waals surface area contributed by atoms with Crippen molar-refractivity contribution in [1.82, 2.24) is 10.3 Å². The molecule has 0 fully saturated rings.